The molecule has 29 heavy (non-hydrogen) atoms. The van der Waals surface area contributed by atoms with Crippen molar-refractivity contribution in [3.05, 3.63) is 54.6 Å². The molecule has 4 nitrogen and oxygen atoms in total. The molecular weight excluding hydrogens is 449 g/mol. The van der Waals surface area contributed by atoms with E-state index in [0.29, 0.717) is 6.42 Å². The van der Waals surface area contributed by atoms with Gasteiger partial charge in [-0.25, -0.2) is 0 Å². The fraction of sp³-hybridized carbons (Fsp3) is 0.333. The zero-order chi connectivity index (χ0) is 21.3. The molecule has 0 saturated carbocycles. The van der Waals surface area contributed by atoms with Crippen molar-refractivity contribution in [3.63, 3.8) is 0 Å². The molecule has 0 aliphatic heterocycles. The van der Waals surface area contributed by atoms with E-state index in [2.05, 4.69) is 22.9 Å². The predicted molar refractivity (Wildman–Crippen MR) is 128 cm³/mol. The highest BCUT2D eigenvalue weighted by molar-refractivity contribution is 7.80. The first-order valence-electron chi connectivity index (χ1n) is 9.38. The van der Waals surface area contributed by atoms with Crippen LogP contribution in [0.3, 0.4) is 0 Å². The molecule has 1 amide bonds. The van der Waals surface area contributed by atoms with Crippen LogP contribution in [0.1, 0.15) is 32.6 Å². The molecule has 0 radical (unpaired) electrons. The van der Waals surface area contributed by atoms with Crippen LogP contribution in [0.15, 0.2) is 54.6 Å². The summed E-state index contributed by atoms with van der Waals surface area (Å²) in [7, 11) is 0. The van der Waals surface area contributed by atoms with Crippen molar-refractivity contribution in [2.45, 2.75) is 42.6 Å². The van der Waals surface area contributed by atoms with Crippen LogP contribution < -0.4 is 16.0 Å². The normalized spacial score (nSPS) is 12.1. The van der Waals surface area contributed by atoms with Gasteiger partial charge < -0.3 is 16.0 Å². The van der Waals surface area contributed by atoms with Crippen molar-refractivity contribution in [3.8, 4) is 11.1 Å². The summed E-state index contributed by atoms with van der Waals surface area (Å²) >= 11 is 23.3. The van der Waals surface area contributed by atoms with Crippen LogP contribution >= 0.6 is 47.0 Å². The number of hydrogen-bond acceptors (Lipinski definition) is 2. The number of carbonyl (C=O) groups excluding carboxylic acids is 1. The maximum Gasteiger partial charge on any atom is 0.228 e. The van der Waals surface area contributed by atoms with Gasteiger partial charge in [0.05, 0.1) is 0 Å². The summed E-state index contributed by atoms with van der Waals surface area (Å²) in [5.74, 6) is -0.197. The molecule has 0 aromatic heterocycles. The van der Waals surface area contributed by atoms with E-state index in [9.17, 15) is 4.79 Å². The summed E-state index contributed by atoms with van der Waals surface area (Å²) < 4.78 is -1.76. The van der Waals surface area contributed by atoms with Crippen LogP contribution in [0.2, 0.25) is 0 Å². The molecule has 8 heteroatoms. The Kier molecular flexibility index (Phi) is 9.50. The maximum absolute atomic E-state index is 12.1. The second kappa shape index (κ2) is 11.6. The van der Waals surface area contributed by atoms with Crippen molar-refractivity contribution in [1.29, 1.82) is 0 Å². The monoisotopic (exact) mass is 471 g/mol. The number of rotatable bonds is 8. The van der Waals surface area contributed by atoms with Gasteiger partial charge in [0.15, 0.2) is 5.11 Å². The lowest BCUT2D eigenvalue weighted by Gasteiger charge is -2.27. The van der Waals surface area contributed by atoms with Gasteiger partial charge in [0.1, 0.15) is 6.17 Å². The summed E-state index contributed by atoms with van der Waals surface area (Å²) in [6.07, 6.45) is 2.19. The molecule has 0 bridgehead atoms. The number of amides is 1. The van der Waals surface area contributed by atoms with Crippen molar-refractivity contribution < 1.29 is 4.79 Å². The van der Waals surface area contributed by atoms with Crippen LogP contribution in [-0.2, 0) is 4.79 Å². The molecule has 0 spiro atoms. The van der Waals surface area contributed by atoms with E-state index in [1.807, 2.05) is 54.6 Å². The van der Waals surface area contributed by atoms with Gasteiger partial charge in [0, 0.05) is 12.1 Å². The second-order valence-electron chi connectivity index (χ2n) is 6.54. The number of benzene rings is 2. The number of hydrogen-bond donors (Lipinski definition) is 3. The molecule has 1 unspecified atom stereocenters. The summed E-state index contributed by atoms with van der Waals surface area (Å²) in [5.41, 5.74) is 3.00. The van der Waals surface area contributed by atoms with Gasteiger partial charge in [-0.2, -0.15) is 0 Å². The standard InChI is InChI=1S/C21H24Cl3N3OS/c1-2-3-5-10-18(28)26-19(21(22,23)24)27-20(29)25-17-13-11-16(12-14-17)15-8-6-4-7-9-15/h4,6-9,11-14,19H,2-3,5,10H2,1H3,(H,26,28)(H2,25,27,29). The number of thiocarbonyl (C=S) groups is 1. The number of alkyl halides is 3. The zero-order valence-corrected chi connectivity index (χ0v) is 19.1. The minimum Gasteiger partial charge on any atom is -0.339 e. The van der Waals surface area contributed by atoms with Crippen molar-refractivity contribution in [2.24, 2.45) is 0 Å². The third-order valence-corrected chi connectivity index (χ3v) is 5.04. The Morgan fingerprint density at radius 1 is 0.966 bits per heavy atom. The van der Waals surface area contributed by atoms with Crippen molar-refractivity contribution >= 4 is 63.7 Å². The molecule has 0 saturated heterocycles. The van der Waals surface area contributed by atoms with E-state index >= 15 is 0 Å². The minimum atomic E-state index is -1.76. The lowest BCUT2D eigenvalue weighted by atomic mass is 10.1. The lowest BCUT2D eigenvalue weighted by molar-refractivity contribution is -0.122. The van der Waals surface area contributed by atoms with Gasteiger partial charge in [0.2, 0.25) is 9.70 Å². The molecular formula is C21H24Cl3N3OS. The summed E-state index contributed by atoms with van der Waals surface area (Å²) in [6.45, 7) is 2.07. The van der Waals surface area contributed by atoms with E-state index < -0.39 is 9.96 Å². The highest BCUT2D eigenvalue weighted by Gasteiger charge is 2.34. The molecule has 0 aliphatic rings. The number of unbranched alkanes of at least 4 members (excludes halogenated alkanes) is 2. The molecule has 3 N–H and O–H groups in total. The van der Waals surface area contributed by atoms with Crippen LogP contribution in [0.25, 0.3) is 11.1 Å². The van der Waals surface area contributed by atoms with Crippen molar-refractivity contribution in [2.75, 3.05) is 5.32 Å². The average molecular weight is 473 g/mol. The average Bonchev–Trinajstić information content (AvgIpc) is 2.68. The molecule has 1 atom stereocenters. The minimum absolute atomic E-state index is 0.197. The fourth-order valence-electron chi connectivity index (χ4n) is 2.64. The third-order valence-electron chi connectivity index (χ3n) is 4.17. The van der Waals surface area contributed by atoms with Gasteiger partial charge in [-0.3, -0.25) is 4.79 Å². The van der Waals surface area contributed by atoms with E-state index in [0.717, 1.165) is 36.1 Å². The molecule has 0 aliphatic carbocycles. The third kappa shape index (κ3) is 8.39. The molecule has 156 valence electrons. The first-order valence-corrected chi connectivity index (χ1v) is 10.9. The Labute approximate surface area is 192 Å². The van der Waals surface area contributed by atoms with Gasteiger partial charge in [-0.15, -0.1) is 0 Å². The van der Waals surface area contributed by atoms with Crippen LogP contribution in [0.5, 0.6) is 0 Å². The van der Waals surface area contributed by atoms with Gasteiger partial charge in [-0.1, -0.05) is 97.0 Å². The Morgan fingerprint density at radius 3 is 2.17 bits per heavy atom. The number of halogens is 3. The Balaban J connectivity index is 1.94. The van der Waals surface area contributed by atoms with Gasteiger partial charge in [-0.05, 0) is 41.9 Å². The lowest BCUT2D eigenvalue weighted by Crippen LogP contribution is -2.56. The second-order valence-corrected chi connectivity index (χ2v) is 9.32. The van der Waals surface area contributed by atoms with E-state index in [1.54, 1.807) is 0 Å². The molecule has 2 aromatic rings. The highest BCUT2D eigenvalue weighted by atomic mass is 35.6. The topological polar surface area (TPSA) is 53.2 Å². The quantitative estimate of drug-likeness (QED) is 0.190. The van der Waals surface area contributed by atoms with Crippen molar-refractivity contribution in [1.82, 2.24) is 10.6 Å². The summed E-state index contributed by atoms with van der Waals surface area (Å²) in [4.78, 5) is 12.1. The van der Waals surface area contributed by atoms with E-state index in [1.165, 1.54) is 0 Å². The first-order chi connectivity index (χ1) is 13.8. The van der Waals surface area contributed by atoms with Crippen LogP contribution in [0, 0.1) is 0 Å². The largest absolute Gasteiger partial charge is 0.339 e. The van der Waals surface area contributed by atoms with Gasteiger partial charge in [0.25, 0.3) is 0 Å². The Bertz CT molecular complexity index is 795. The molecule has 2 rings (SSSR count). The fourth-order valence-corrected chi connectivity index (χ4v) is 3.21. The molecule has 2 aromatic carbocycles. The SMILES string of the molecule is CCCCCC(=O)NC(NC(=S)Nc1ccc(-c2ccccc2)cc1)C(Cl)(Cl)Cl. The van der Waals surface area contributed by atoms with E-state index in [-0.39, 0.29) is 11.0 Å². The molecule has 0 fully saturated rings. The number of anilines is 1. The summed E-state index contributed by atoms with van der Waals surface area (Å²) in [6, 6.07) is 17.8. The highest BCUT2D eigenvalue weighted by Crippen LogP contribution is 2.29. The smallest absolute Gasteiger partial charge is 0.228 e. The Morgan fingerprint density at radius 2 is 1.59 bits per heavy atom. The first kappa shape index (κ1) is 23.7. The predicted octanol–water partition coefficient (Wildman–Crippen LogP) is 6.03. The van der Waals surface area contributed by atoms with E-state index in [4.69, 9.17) is 47.0 Å². The van der Waals surface area contributed by atoms with Crippen LogP contribution in [-0.4, -0.2) is 21.0 Å². The van der Waals surface area contributed by atoms with Crippen LogP contribution in [0.4, 0.5) is 5.69 Å². The summed E-state index contributed by atoms with van der Waals surface area (Å²) in [5, 5.41) is 8.84. The Hall–Kier alpha value is -1.53. The maximum atomic E-state index is 12.1. The van der Waals surface area contributed by atoms with Gasteiger partial charge >= 0.3 is 0 Å². The zero-order valence-electron chi connectivity index (χ0n) is 16.1. The molecule has 0 heterocycles. The number of nitrogens with one attached hydrogen (secondary N) is 3. The number of carbonyl (C=O) groups is 1.